The first-order chi connectivity index (χ1) is 15.9. The van der Waals surface area contributed by atoms with Crippen molar-refractivity contribution >= 4 is 28.4 Å². The van der Waals surface area contributed by atoms with E-state index < -0.39 is 0 Å². The molecule has 0 spiro atoms. The molecule has 1 fully saturated rings. The minimum Gasteiger partial charge on any atom is -0.354 e. The predicted molar refractivity (Wildman–Crippen MR) is 133 cm³/mol. The Morgan fingerprint density at radius 3 is 2.64 bits per heavy atom. The highest BCUT2D eigenvalue weighted by Crippen LogP contribution is 2.39. The molecule has 1 saturated heterocycles. The van der Waals surface area contributed by atoms with Gasteiger partial charge in [0.25, 0.3) is 0 Å². The van der Waals surface area contributed by atoms with Crippen LogP contribution in [-0.2, 0) is 16.6 Å². The maximum absolute atomic E-state index is 12.2. The third-order valence-electron chi connectivity index (χ3n) is 7.39. The first-order valence-electron chi connectivity index (χ1n) is 12.2. The Labute approximate surface area is 196 Å². The standard InChI is InChI=1S/C27H34N4O2/c1-20(32)31-13-6-12-27(2,3)23-19-21(9-10-24(23)31)11-14-29-15-17-30(18-16-29)26-22-7-4-5-8-25(22)33-28-26/h4-5,7-10,19H,6,11-18H2,1-3H3. The lowest BCUT2D eigenvalue weighted by atomic mass is 9.79. The van der Waals surface area contributed by atoms with E-state index in [0.717, 1.165) is 81.0 Å². The molecule has 33 heavy (non-hydrogen) atoms. The average molecular weight is 447 g/mol. The maximum Gasteiger partial charge on any atom is 0.223 e. The van der Waals surface area contributed by atoms with Gasteiger partial charge in [-0.25, -0.2) is 0 Å². The Balaban J connectivity index is 1.23. The molecule has 6 nitrogen and oxygen atoms in total. The summed E-state index contributed by atoms with van der Waals surface area (Å²) < 4.78 is 5.50. The van der Waals surface area contributed by atoms with Gasteiger partial charge in [-0.15, -0.1) is 0 Å². The molecule has 3 aromatic rings. The molecule has 0 unspecified atom stereocenters. The van der Waals surface area contributed by atoms with Crippen molar-refractivity contribution in [2.24, 2.45) is 0 Å². The molecular formula is C27H34N4O2. The van der Waals surface area contributed by atoms with Gasteiger partial charge in [-0.3, -0.25) is 9.69 Å². The molecule has 2 aliphatic heterocycles. The quantitative estimate of drug-likeness (QED) is 0.586. The molecule has 0 radical (unpaired) electrons. The van der Waals surface area contributed by atoms with Crippen LogP contribution in [0, 0.1) is 0 Å². The molecule has 0 N–H and O–H groups in total. The van der Waals surface area contributed by atoms with Crippen LogP contribution in [0.1, 0.15) is 44.7 Å². The first kappa shape index (κ1) is 22.0. The SMILES string of the molecule is CC(=O)N1CCCC(C)(C)c2cc(CCN3CCN(c4noc5ccccc45)CC3)ccc21. The third-order valence-corrected chi connectivity index (χ3v) is 7.39. The number of nitrogens with zero attached hydrogens (tertiary/aromatic N) is 4. The minimum atomic E-state index is 0.0849. The topological polar surface area (TPSA) is 52.8 Å². The summed E-state index contributed by atoms with van der Waals surface area (Å²) in [5, 5.41) is 5.42. The number of carbonyl (C=O) groups is 1. The maximum atomic E-state index is 12.2. The molecule has 174 valence electrons. The summed E-state index contributed by atoms with van der Waals surface area (Å²) in [5.41, 5.74) is 4.71. The van der Waals surface area contributed by atoms with Crippen LogP contribution in [0.25, 0.3) is 11.0 Å². The molecule has 0 atom stereocenters. The average Bonchev–Trinajstić information content (AvgIpc) is 3.19. The lowest BCUT2D eigenvalue weighted by molar-refractivity contribution is -0.116. The van der Waals surface area contributed by atoms with Gasteiger partial charge in [0.1, 0.15) is 0 Å². The van der Waals surface area contributed by atoms with E-state index in [-0.39, 0.29) is 11.3 Å². The highest BCUT2D eigenvalue weighted by molar-refractivity contribution is 5.93. The summed E-state index contributed by atoms with van der Waals surface area (Å²) in [4.78, 5) is 19.1. The Morgan fingerprint density at radius 1 is 1.06 bits per heavy atom. The molecule has 1 amide bonds. The van der Waals surface area contributed by atoms with Crippen LogP contribution in [0.5, 0.6) is 0 Å². The van der Waals surface area contributed by atoms with Gasteiger partial charge in [-0.1, -0.05) is 43.3 Å². The summed E-state index contributed by atoms with van der Waals surface area (Å²) in [7, 11) is 0. The van der Waals surface area contributed by atoms with Crippen LogP contribution in [0.2, 0.25) is 0 Å². The van der Waals surface area contributed by atoms with Gasteiger partial charge in [0.05, 0.1) is 5.39 Å². The number of hydrogen-bond donors (Lipinski definition) is 0. The second kappa shape index (κ2) is 8.82. The van der Waals surface area contributed by atoms with Crippen molar-refractivity contribution in [3.8, 4) is 0 Å². The fourth-order valence-corrected chi connectivity index (χ4v) is 5.35. The summed E-state index contributed by atoms with van der Waals surface area (Å²) in [6.07, 6.45) is 3.17. The Kier molecular flexibility index (Phi) is 5.87. The van der Waals surface area contributed by atoms with Crippen molar-refractivity contribution in [3.05, 3.63) is 53.6 Å². The highest BCUT2D eigenvalue weighted by Gasteiger charge is 2.30. The van der Waals surface area contributed by atoms with Gasteiger partial charge in [0.2, 0.25) is 5.91 Å². The fraction of sp³-hybridized carbons (Fsp3) is 0.481. The van der Waals surface area contributed by atoms with Gasteiger partial charge in [-0.2, -0.15) is 0 Å². The van der Waals surface area contributed by atoms with E-state index in [0.29, 0.717) is 0 Å². The van der Waals surface area contributed by atoms with Crippen molar-refractivity contribution in [2.75, 3.05) is 49.1 Å². The van der Waals surface area contributed by atoms with Gasteiger partial charge in [-0.05, 0) is 54.0 Å². The molecule has 6 heteroatoms. The Hall–Kier alpha value is -2.86. The molecule has 0 saturated carbocycles. The van der Waals surface area contributed by atoms with Crippen molar-refractivity contribution in [2.45, 2.75) is 45.4 Å². The lowest BCUT2D eigenvalue weighted by Crippen LogP contribution is -2.47. The van der Waals surface area contributed by atoms with Crippen molar-refractivity contribution < 1.29 is 9.32 Å². The second-order valence-corrected chi connectivity index (χ2v) is 10.1. The number of aromatic nitrogens is 1. The van der Waals surface area contributed by atoms with Crippen LogP contribution in [0.3, 0.4) is 0 Å². The molecule has 0 bridgehead atoms. The van der Waals surface area contributed by atoms with Crippen molar-refractivity contribution in [3.63, 3.8) is 0 Å². The largest absolute Gasteiger partial charge is 0.354 e. The van der Waals surface area contributed by atoms with E-state index in [1.807, 2.05) is 23.1 Å². The van der Waals surface area contributed by atoms with E-state index in [4.69, 9.17) is 4.52 Å². The number of carbonyl (C=O) groups excluding carboxylic acids is 1. The van der Waals surface area contributed by atoms with Crippen LogP contribution in [-0.4, -0.2) is 55.2 Å². The molecule has 1 aromatic heterocycles. The number of anilines is 2. The van der Waals surface area contributed by atoms with E-state index in [2.05, 4.69) is 53.1 Å². The predicted octanol–water partition coefficient (Wildman–Crippen LogP) is 4.62. The van der Waals surface area contributed by atoms with E-state index in [1.54, 1.807) is 6.92 Å². The monoisotopic (exact) mass is 446 g/mol. The number of benzene rings is 2. The summed E-state index contributed by atoms with van der Waals surface area (Å²) in [6.45, 7) is 12.1. The van der Waals surface area contributed by atoms with E-state index >= 15 is 0 Å². The van der Waals surface area contributed by atoms with Crippen LogP contribution >= 0.6 is 0 Å². The van der Waals surface area contributed by atoms with Gasteiger partial charge in [0.15, 0.2) is 11.4 Å². The number of rotatable bonds is 4. The van der Waals surface area contributed by atoms with Crippen LogP contribution < -0.4 is 9.80 Å². The van der Waals surface area contributed by atoms with Crippen LogP contribution in [0.15, 0.2) is 47.0 Å². The third kappa shape index (κ3) is 4.36. The van der Waals surface area contributed by atoms with Gasteiger partial charge >= 0.3 is 0 Å². The molecule has 2 aromatic carbocycles. The zero-order valence-electron chi connectivity index (χ0n) is 20.0. The zero-order chi connectivity index (χ0) is 23.0. The minimum absolute atomic E-state index is 0.0849. The Bertz CT molecular complexity index is 1140. The molecule has 5 rings (SSSR count). The summed E-state index contributed by atoms with van der Waals surface area (Å²) in [6, 6.07) is 14.8. The Morgan fingerprint density at radius 2 is 1.85 bits per heavy atom. The smallest absolute Gasteiger partial charge is 0.223 e. The zero-order valence-corrected chi connectivity index (χ0v) is 20.0. The number of hydrogen-bond acceptors (Lipinski definition) is 5. The summed E-state index contributed by atoms with van der Waals surface area (Å²) in [5.74, 6) is 1.10. The molecular weight excluding hydrogens is 412 g/mol. The molecule has 3 heterocycles. The first-order valence-corrected chi connectivity index (χ1v) is 12.2. The highest BCUT2D eigenvalue weighted by atomic mass is 16.5. The van der Waals surface area contributed by atoms with Gasteiger partial charge < -0.3 is 14.3 Å². The number of piperazine rings is 1. The van der Waals surface area contributed by atoms with Crippen LogP contribution in [0.4, 0.5) is 11.5 Å². The number of fused-ring (bicyclic) bond motifs is 2. The summed E-state index contributed by atoms with van der Waals surface area (Å²) >= 11 is 0. The number of amides is 1. The van der Waals surface area contributed by atoms with Gasteiger partial charge in [0, 0.05) is 51.9 Å². The van der Waals surface area contributed by atoms with E-state index in [1.165, 1.54) is 11.1 Å². The van der Waals surface area contributed by atoms with E-state index in [9.17, 15) is 4.79 Å². The normalized spacial score (nSPS) is 18.9. The van der Waals surface area contributed by atoms with Crippen molar-refractivity contribution in [1.82, 2.24) is 10.1 Å². The fourth-order valence-electron chi connectivity index (χ4n) is 5.35. The second-order valence-electron chi connectivity index (χ2n) is 10.1. The number of para-hydroxylation sites is 1. The molecule has 2 aliphatic rings. The lowest BCUT2D eigenvalue weighted by Gasteiger charge is -2.35. The molecule has 0 aliphatic carbocycles. The van der Waals surface area contributed by atoms with Crippen molar-refractivity contribution in [1.29, 1.82) is 0 Å².